The summed E-state index contributed by atoms with van der Waals surface area (Å²) in [6.45, 7) is 3.21. The van der Waals surface area contributed by atoms with Gasteiger partial charge in [-0.15, -0.1) is 0 Å². The highest BCUT2D eigenvalue weighted by atomic mass is 16.7. The molecule has 0 bridgehead atoms. The van der Waals surface area contributed by atoms with E-state index in [1.807, 2.05) is 0 Å². The molecule has 2 aliphatic rings. The number of phenolic OH excluding ortho intramolecular Hbond substituents is 4. The number of benzene rings is 2. The fourth-order valence-electron chi connectivity index (χ4n) is 3.64. The van der Waals surface area contributed by atoms with Crippen molar-refractivity contribution < 1.29 is 55.1 Å². The lowest BCUT2D eigenvalue weighted by atomic mass is 9.96. The smallest absolute Gasteiger partial charge is 0.229 e. The molecule has 33 heavy (non-hydrogen) atoms. The molecule has 5 atom stereocenters. The first kappa shape index (κ1) is 22.7. The highest BCUT2D eigenvalue weighted by molar-refractivity contribution is 5.92. The van der Waals surface area contributed by atoms with Crippen LogP contribution in [0.1, 0.15) is 11.1 Å². The number of allylic oxidation sites excluding steroid dienone is 1. The van der Waals surface area contributed by atoms with Crippen molar-refractivity contribution in [1.29, 1.82) is 0 Å². The summed E-state index contributed by atoms with van der Waals surface area (Å²) in [5.41, 5.74) is 0.270. The minimum absolute atomic E-state index is 0.00113. The van der Waals surface area contributed by atoms with Crippen molar-refractivity contribution in [3.05, 3.63) is 53.8 Å². The molecule has 1 fully saturated rings. The fourth-order valence-corrected chi connectivity index (χ4v) is 3.64. The van der Waals surface area contributed by atoms with Crippen LogP contribution >= 0.6 is 0 Å². The van der Waals surface area contributed by atoms with Crippen LogP contribution < -0.4 is 4.74 Å². The van der Waals surface area contributed by atoms with Gasteiger partial charge >= 0.3 is 0 Å². The number of aliphatic hydroxyl groups is 4. The largest absolute Gasteiger partial charge is 0.508 e. The molecule has 2 aromatic rings. The van der Waals surface area contributed by atoms with Gasteiger partial charge in [0.2, 0.25) is 6.29 Å². The lowest BCUT2D eigenvalue weighted by Crippen LogP contribution is -2.59. The molecule has 0 saturated carbocycles. The molecular formula is C22H22O11. The van der Waals surface area contributed by atoms with E-state index in [1.54, 1.807) is 0 Å². The normalized spacial score (nSPS) is 27.2. The van der Waals surface area contributed by atoms with E-state index in [-0.39, 0.29) is 39.7 Å². The van der Waals surface area contributed by atoms with Gasteiger partial charge in [-0.25, -0.2) is 0 Å². The Morgan fingerprint density at radius 3 is 2.27 bits per heavy atom. The Hall–Kier alpha value is -3.48. The Labute approximate surface area is 186 Å². The van der Waals surface area contributed by atoms with Gasteiger partial charge in [-0.1, -0.05) is 6.58 Å². The zero-order valence-corrected chi connectivity index (χ0v) is 17.0. The van der Waals surface area contributed by atoms with Gasteiger partial charge in [0.15, 0.2) is 23.0 Å². The molecule has 2 aromatic carbocycles. The van der Waals surface area contributed by atoms with Crippen molar-refractivity contribution in [2.45, 2.75) is 30.7 Å². The molecule has 0 aliphatic carbocycles. The van der Waals surface area contributed by atoms with E-state index in [1.165, 1.54) is 18.2 Å². The highest BCUT2D eigenvalue weighted by Crippen LogP contribution is 2.48. The molecule has 1 saturated heterocycles. The van der Waals surface area contributed by atoms with Crippen LogP contribution in [0, 0.1) is 0 Å². The first-order valence-electron chi connectivity index (χ1n) is 9.79. The molecule has 2 aliphatic heterocycles. The Morgan fingerprint density at radius 2 is 1.61 bits per heavy atom. The first-order valence-corrected chi connectivity index (χ1v) is 9.79. The molecule has 0 radical (unpaired) electrons. The van der Waals surface area contributed by atoms with E-state index >= 15 is 0 Å². The van der Waals surface area contributed by atoms with Gasteiger partial charge in [0, 0.05) is 23.3 Å². The molecule has 0 unspecified atom stereocenters. The second-order valence-corrected chi connectivity index (χ2v) is 7.60. The third kappa shape index (κ3) is 3.92. The number of fused-ring (bicyclic) bond motifs is 1. The molecule has 0 aromatic heterocycles. The number of rotatable bonds is 4. The predicted octanol–water partition coefficient (Wildman–Crippen LogP) is 0.0999. The number of hydrogen-bond donors (Lipinski definition) is 8. The molecular weight excluding hydrogens is 440 g/mol. The van der Waals surface area contributed by atoms with Crippen molar-refractivity contribution in [2.75, 3.05) is 6.61 Å². The van der Waals surface area contributed by atoms with Crippen LogP contribution in [0.25, 0.3) is 11.3 Å². The Balaban J connectivity index is 1.82. The molecule has 11 nitrogen and oxygen atoms in total. The van der Waals surface area contributed by atoms with Crippen LogP contribution in [0.4, 0.5) is 0 Å². The van der Waals surface area contributed by atoms with Crippen molar-refractivity contribution in [1.82, 2.24) is 0 Å². The van der Waals surface area contributed by atoms with Crippen molar-refractivity contribution in [3.63, 3.8) is 0 Å². The fraction of sp³-hybridized carbons (Fsp3) is 0.273. The van der Waals surface area contributed by atoms with Gasteiger partial charge in [0.05, 0.1) is 12.2 Å². The molecule has 176 valence electrons. The monoisotopic (exact) mass is 462 g/mol. The summed E-state index contributed by atoms with van der Waals surface area (Å²) in [6, 6.07) is 5.98. The summed E-state index contributed by atoms with van der Waals surface area (Å²) >= 11 is 0. The lowest BCUT2D eigenvalue weighted by Gasteiger charge is -2.40. The Bertz CT molecular complexity index is 1120. The first-order chi connectivity index (χ1) is 15.6. The predicted molar refractivity (Wildman–Crippen MR) is 111 cm³/mol. The van der Waals surface area contributed by atoms with Crippen LogP contribution in [0.5, 0.6) is 28.7 Å². The van der Waals surface area contributed by atoms with E-state index in [2.05, 4.69) is 6.58 Å². The lowest BCUT2D eigenvalue weighted by molar-refractivity contribution is -0.290. The minimum Gasteiger partial charge on any atom is -0.508 e. The summed E-state index contributed by atoms with van der Waals surface area (Å²) < 4.78 is 17.0. The standard InChI is InChI=1S/C22H22O11/c1-8-16-13(27)5-10(24)6-14(16)31-21(9-2-3-11(25)12(26)4-9)20(8)33-22-19(30)18(29)17(28)15(7-23)32-22/h2-6,15,17-19,22-30H,1,7H2/t15-,17+,18+,19-,22+/m1/s1. The van der Waals surface area contributed by atoms with Gasteiger partial charge in [0.1, 0.15) is 41.7 Å². The van der Waals surface area contributed by atoms with E-state index in [0.717, 1.165) is 12.1 Å². The van der Waals surface area contributed by atoms with E-state index in [4.69, 9.17) is 14.2 Å². The molecule has 0 spiro atoms. The Kier molecular flexibility index (Phi) is 5.82. The quantitative estimate of drug-likeness (QED) is 0.288. The second-order valence-electron chi connectivity index (χ2n) is 7.60. The molecule has 2 heterocycles. The van der Waals surface area contributed by atoms with Crippen LogP contribution in [0.3, 0.4) is 0 Å². The van der Waals surface area contributed by atoms with Gasteiger partial charge in [-0.05, 0) is 18.2 Å². The van der Waals surface area contributed by atoms with Gasteiger partial charge in [-0.2, -0.15) is 0 Å². The van der Waals surface area contributed by atoms with Crippen LogP contribution in [0.15, 0.2) is 42.7 Å². The average molecular weight is 462 g/mol. The number of aliphatic hydroxyl groups excluding tert-OH is 4. The average Bonchev–Trinajstić information content (AvgIpc) is 2.76. The highest BCUT2D eigenvalue weighted by Gasteiger charge is 2.46. The number of hydrogen-bond acceptors (Lipinski definition) is 11. The molecule has 11 heteroatoms. The zero-order chi connectivity index (χ0) is 24.0. The van der Waals surface area contributed by atoms with Gasteiger partial charge in [-0.3, -0.25) is 0 Å². The summed E-state index contributed by atoms with van der Waals surface area (Å²) in [5, 5.41) is 79.6. The maximum absolute atomic E-state index is 10.4. The number of phenols is 4. The van der Waals surface area contributed by atoms with Crippen molar-refractivity contribution in [2.24, 2.45) is 0 Å². The van der Waals surface area contributed by atoms with Gasteiger partial charge < -0.3 is 55.1 Å². The van der Waals surface area contributed by atoms with E-state index in [0.29, 0.717) is 0 Å². The van der Waals surface area contributed by atoms with Crippen molar-refractivity contribution in [3.8, 4) is 28.7 Å². The SMILES string of the molecule is C=C1C(O[C@@H]2O[C@H](CO)[C@H](O)[C@H](O)[C@H]2O)=C(c2ccc(O)c(O)c2)Oc2cc(O)cc(O)c21. The maximum atomic E-state index is 10.4. The van der Waals surface area contributed by atoms with E-state index in [9.17, 15) is 40.9 Å². The van der Waals surface area contributed by atoms with E-state index < -0.39 is 54.6 Å². The van der Waals surface area contributed by atoms with Crippen molar-refractivity contribution >= 4 is 11.3 Å². The van der Waals surface area contributed by atoms with Crippen LogP contribution in [-0.2, 0) is 9.47 Å². The third-order valence-corrected chi connectivity index (χ3v) is 5.38. The number of ether oxygens (including phenoxy) is 3. The maximum Gasteiger partial charge on any atom is 0.229 e. The number of aromatic hydroxyl groups is 4. The Morgan fingerprint density at radius 1 is 0.879 bits per heavy atom. The summed E-state index contributed by atoms with van der Waals surface area (Å²) in [7, 11) is 0. The zero-order valence-electron chi connectivity index (χ0n) is 17.0. The summed E-state index contributed by atoms with van der Waals surface area (Å²) in [6.07, 6.45) is -7.90. The van der Waals surface area contributed by atoms with Gasteiger partial charge in [0.25, 0.3) is 0 Å². The third-order valence-electron chi connectivity index (χ3n) is 5.38. The molecule has 4 rings (SSSR count). The molecule has 8 N–H and O–H groups in total. The summed E-state index contributed by atoms with van der Waals surface area (Å²) in [4.78, 5) is 0. The van der Waals surface area contributed by atoms with Crippen LogP contribution in [0.2, 0.25) is 0 Å². The summed E-state index contributed by atoms with van der Waals surface area (Å²) in [5.74, 6) is -1.85. The second kappa shape index (κ2) is 8.46. The molecule has 0 amide bonds. The topological polar surface area (TPSA) is 190 Å². The van der Waals surface area contributed by atoms with Crippen LogP contribution in [-0.4, -0.2) is 78.2 Å². The minimum atomic E-state index is -1.74.